The van der Waals surface area contributed by atoms with Crippen molar-refractivity contribution in [1.29, 1.82) is 0 Å². The standard InChI is InChI=1S/C13H10F3NO/c1-13(18,11-6-5-8(14)7-17-11)9-3-2-4-10(15)12(9)16/h2-7,18H,1H3. The molecule has 0 amide bonds. The maximum Gasteiger partial charge on any atom is 0.165 e. The van der Waals surface area contributed by atoms with E-state index in [4.69, 9.17) is 0 Å². The van der Waals surface area contributed by atoms with Gasteiger partial charge in [0.25, 0.3) is 0 Å². The SMILES string of the molecule is CC(O)(c1ccc(F)cn1)c1cccc(F)c1F. The van der Waals surface area contributed by atoms with E-state index in [-0.39, 0.29) is 11.3 Å². The summed E-state index contributed by atoms with van der Waals surface area (Å²) < 4.78 is 39.5. The van der Waals surface area contributed by atoms with Gasteiger partial charge in [0.2, 0.25) is 0 Å². The lowest BCUT2D eigenvalue weighted by Gasteiger charge is -2.23. The van der Waals surface area contributed by atoms with Crippen LogP contribution in [0, 0.1) is 17.5 Å². The number of halogens is 3. The lowest BCUT2D eigenvalue weighted by atomic mass is 9.91. The first-order valence-corrected chi connectivity index (χ1v) is 5.22. The van der Waals surface area contributed by atoms with Crippen LogP contribution in [0.5, 0.6) is 0 Å². The minimum Gasteiger partial charge on any atom is -0.379 e. The molecule has 0 aliphatic carbocycles. The smallest absolute Gasteiger partial charge is 0.165 e. The molecule has 1 unspecified atom stereocenters. The van der Waals surface area contributed by atoms with Crippen molar-refractivity contribution in [2.24, 2.45) is 0 Å². The van der Waals surface area contributed by atoms with Gasteiger partial charge in [-0.1, -0.05) is 12.1 Å². The van der Waals surface area contributed by atoms with Crippen LogP contribution < -0.4 is 0 Å². The molecular weight excluding hydrogens is 243 g/mol. The highest BCUT2D eigenvalue weighted by molar-refractivity contribution is 5.32. The summed E-state index contributed by atoms with van der Waals surface area (Å²) in [6, 6.07) is 5.80. The zero-order valence-electron chi connectivity index (χ0n) is 9.49. The Bertz CT molecular complexity index is 567. The van der Waals surface area contributed by atoms with Crippen molar-refractivity contribution < 1.29 is 18.3 Å². The molecule has 1 aromatic carbocycles. The number of hydrogen-bond acceptors (Lipinski definition) is 2. The van der Waals surface area contributed by atoms with Crippen molar-refractivity contribution in [2.45, 2.75) is 12.5 Å². The molecule has 18 heavy (non-hydrogen) atoms. The summed E-state index contributed by atoms with van der Waals surface area (Å²) >= 11 is 0. The van der Waals surface area contributed by atoms with Gasteiger partial charge in [0.05, 0.1) is 11.9 Å². The van der Waals surface area contributed by atoms with Gasteiger partial charge in [-0.3, -0.25) is 4.98 Å². The second-order valence-corrected chi connectivity index (χ2v) is 4.04. The van der Waals surface area contributed by atoms with E-state index < -0.39 is 23.1 Å². The van der Waals surface area contributed by atoms with Gasteiger partial charge in [-0.2, -0.15) is 0 Å². The van der Waals surface area contributed by atoms with Crippen molar-refractivity contribution in [3.05, 3.63) is 65.2 Å². The van der Waals surface area contributed by atoms with Gasteiger partial charge in [-0.15, -0.1) is 0 Å². The molecule has 1 heterocycles. The Kier molecular flexibility index (Phi) is 3.09. The van der Waals surface area contributed by atoms with Crippen molar-refractivity contribution in [3.63, 3.8) is 0 Å². The maximum atomic E-state index is 13.6. The van der Waals surface area contributed by atoms with Gasteiger partial charge >= 0.3 is 0 Å². The second kappa shape index (κ2) is 4.42. The molecule has 2 rings (SSSR count). The quantitative estimate of drug-likeness (QED) is 0.892. The highest BCUT2D eigenvalue weighted by Crippen LogP contribution is 2.30. The van der Waals surface area contributed by atoms with Crippen molar-refractivity contribution in [1.82, 2.24) is 4.98 Å². The van der Waals surface area contributed by atoms with E-state index in [0.717, 1.165) is 18.3 Å². The van der Waals surface area contributed by atoms with E-state index in [0.29, 0.717) is 0 Å². The van der Waals surface area contributed by atoms with E-state index in [1.54, 1.807) is 0 Å². The largest absolute Gasteiger partial charge is 0.379 e. The molecule has 94 valence electrons. The molecule has 5 heteroatoms. The normalized spacial score (nSPS) is 14.3. The van der Waals surface area contributed by atoms with Crippen LogP contribution >= 0.6 is 0 Å². The fourth-order valence-corrected chi connectivity index (χ4v) is 1.68. The Labute approximate surface area is 102 Å². The Morgan fingerprint density at radius 1 is 1.11 bits per heavy atom. The average molecular weight is 253 g/mol. The van der Waals surface area contributed by atoms with Gasteiger partial charge in [0.1, 0.15) is 11.4 Å². The van der Waals surface area contributed by atoms with E-state index in [1.165, 1.54) is 25.1 Å². The fraction of sp³-hybridized carbons (Fsp3) is 0.154. The van der Waals surface area contributed by atoms with E-state index in [1.807, 2.05) is 0 Å². The predicted octanol–water partition coefficient (Wildman–Crippen LogP) is 2.75. The van der Waals surface area contributed by atoms with Crippen LogP contribution in [0.15, 0.2) is 36.5 Å². The topological polar surface area (TPSA) is 33.1 Å². The Morgan fingerprint density at radius 3 is 2.44 bits per heavy atom. The molecule has 0 bridgehead atoms. The summed E-state index contributed by atoms with van der Waals surface area (Å²) in [5, 5.41) is 10.3. The third kappa shape index (κ3) is 2.09. The van der Waals surface area contributed by atoms with Gasteiger partial charge in [0.15, 0.2) is 11.6 Å². The lowest BCUT2D eigenvalue weighted by Crippen LogP contribution is -2.26. The molecule has 1 atom stereocenters. The van der Waals surface area contributed by atoms with Gasteiger partial charge in [-0.25, -0.2) is 13.2 Å². The van der Waals surface area contributed by atoms with Crippen LogP contribution in [0.2, 0.25) is 0 Å². The monoisotopic (exact) mass is 253 g/mol. The molecule has 0 aliphatic heterocycles. The van der Waals surface area contributed by atoms with Crippen molar-refractivity contribution in [3.8, 4) is 0 Å². The van der Waals surface area contributed by atoms with Crippen LogP contribution in [0.25, 0.3) is 0 Å². The summed E-state index contributed by atoms with van der Waals surface area (Å²) in [6.45, 7) is 1.27. The zero-order chi connectivity index (χ0) is 13.3. The van der Waals surface area contributed by atoms with E-state index >= 15 is 0 Å². The first-order valence-electron chi connectivity index (χ1n) is 5.22. The minimum absolute atomic E-state index is 0.0356. The molecule has 0 aliphatic rings. The highest BCUT2D eigenvalue weighted by atomic mass is 19.2. The van der Waals surface area contributed by atoms with Gasteiger partial charge < -0.3 is 5.11 Å². The maximum absolute atomic E-state index is 13.6. The van der Waals surface area contributed by atoms with Crippen LogP contribution in [0.4, 0.5) is 13.2 Å². The van der Waals surface area contributed by atoms with Crippen molar-refractivity contribution >= 4 is 0 Å². The Morgan fingerprint density at radius 2 is 1.83 bits per heavy atom. The molecule has 0 saturated carbocycles. The summed E-state index contributed by atoms with van der Waals surface area (Å²) in [4.78, 5) is 3.68. The molecule has 1 aromatic heterocycles. The van der Waals surface area contributed by atoms with E-state index in [2.05, 4.69) is 4.98 Å². The number of rotatable bonds is 2. The Hall–Kier alpha value is -1.88. The summed E-state index contributed by atoms with van der Waals surface area (Å²) in [7, 11) is 0. The average Bonchev–Trinajstić information content (AvgIpc) is 2.33. The van der Waals surface area contributed by atoms with Crippen LogP contribution in [0.3, 0.4) is 0 Å². The van der Waals surface area contributed by atoms with Gasteiger partial charge in [0, 0.05) is 5.56 Å². The third-order valence-corrected chi connectivity index (χ3v) is 2.70. The molecular formula is C13H10F3NO. The Balaban J connectivity index is 2.54. The first kappa shape index (κ1) is 12.6. The molecule has 0 spiro atoms. The summed E-state index contributed by atoms with van der Waals surface area (Å²) in [5.41, 5.74) is -2.05. The minimum atomic E-state index is -1.83. The number of aromatic nitrogens is 1. The van der Waals surface area contributed by atoms with Gasteiger partial charge in [-0.05, 0) is 25.1 Å². The lowest BCUT2D eigenvalue weighted by molar-refractivity contribution is 0.0921. The first-order chi connectivity index (χ1) is 8.43. The van der Waals surface area contributed by atoms with Crippen molar-refractivity contribution in [2.75, 3.05) is 0 Å². The molecule has 1 N–H and O–H groups in total. The number of hydrogen-bond donors (Lipinski definition) is 1. The molecule has 2 nitrogen and oxygen atoms in total. The van der Waals surface area contributed by atoms with Crippen LogP contribution in [-0.4, -0.2) is 10.1 Å². The summed E-state index contributed by atoms with van der Waals surface area (Å²) in [6.07, 6.45) is 0.904. The number of pyridine rings is 1. The predicted molar refractivity (Wildman–Crippen MR) is 59.2 cm³/mol. The van der Waals surface area contributed by atoms with Crippen LogP contribution in [0.1, 0.15) is 18.2 Å². The number of nitrogens with zero attached hydrogens (tertiary/aromatic N) is 1. The van der Waals surface area contributed by atoms with E-state index in [9.17, 15) is 18.3 Å². The fourth-order valence-electron chi connectivity index (χ4n) is 1.68. The highest BCUT2D eigenvalue weighted by Gasteiger charge is 2.31. The number of benzene rings is 1. The molecule has 2 aromatic rings. The molecule has 0 saturated heterocycles. The third-order valence-electron chi connectivity index (χ3n) is 2.70. The molecule has 0 radical (unpaired) electrons. The van der Waals surface area contributed by atoms with Crippen LogP contribution in [-0.2, 0) is 5.60 Å². The zero-order valence-corrected chi connectivity index (χ0v) is 9.49. The second-order valence-electron chi connectivity index (χ2n) is 4.04. The molecule has 0 fully saturated rings. The summed E-state index contributed by atoms with van der Waals surface area (Å²) in [5.74, 6) is -2.78. The number of aliphatic hydroxyl groups is 1.